The number of nitrogens with zero attached hydrogens (tertiary/aromatic N) is 1. The Morgan fingerprint density at radius 2 is 2.23 bits per heavy atom. The minimum atomic E-state index is 0.259. The lowest BCUT2D eigenvalue weighted by molar-refractivity contribution is -0.122. The minimum Gasteiger partial charge on any atom is -0.352 e. The third-order valence-electron chi connectivity index (χ3n) is 5.21. The second-order valence-corrected chi connectivity index (χ2v) is 7.17. The predicted molar refractivity (Wildman–Crippen MR) is 85.3 cm³/mol. The van der Waals surface area contributed by atoms with Crippen LogP contribution in [0.1, 0.15) is 24.8 Å². The number of H-pyrrole nitrogens is 1. The summed E-state index contributed by atoms with van der Waals surface area (Å²) in [5.41, 5.74) is 3.49. The summed E-state index contributed by atoms with van der Waals surface area (Å²) >= 11 is 6.21. The third kappa shape index (κ3) is 1.90. The molecule has 112 valence electrons. The molecule has 0 unspecified atom stereocenters. The molecule has 5 rings (SSSR count). The van der Waals surface area contributed by atoms with Gasteiger partial charge in [-0.15, -0.1) is 0 Å². The highest BCUT2D eigenvalue weighted by molar-refractivity contribution is 6.31. The number of fused-ring (bicyclic) bond motifs is 2. The van der Waals surface area contributed by atoms with Crippen LogP contribution in [0.5, 0.6) is 0 Å². The van der Waals surface area contributed by atoms with Gasteiger partial charge in [-0.2, -0.15) is 5.10 Å². The fraction of sp³-hybridized carbons (Fsp3) is 0.412. The van der Waals surface area contributed by atoms with E-state index in [1.165, 1.54) is 11.1 Å². The van der Waals surface area contributed by atoms with Crippen molar-refractivity contribution in [2.45, 2.75) is 25.3 Å². The molecular weight excluding hydrogens is 298 g/mol. The molecular formula is C17H16ClN3O. The molecule has 3 aliphatic carbocycles. The molecule has 3 aliphatic rings. The Bertz CT molecular complexity index is 820. The molecule has 0 aliphatic heterocycles. The first kappa shape index (κ1) is 12.7. The summed E-state index contributed by atoms with van der Waals surface area (Å²) in [7, 11) is 0. The van der Waals surface area contributed by atoms with Crippen molar-refractivity contribution in [3.8, 4) is 0 Å². The van der Waals surface area contributed by atoms with Gasteiger partial charge in [0.05, 0.1) is 11.7 Å². The largest absolute Gasteiger partial charge is 0.352 e. The van der Waals surface area contributed by atoms with E-state index in [9.17, 15) is 4.79 Å². The Kier molecular flexibility index (Phi) is 2.51. The summed E-state index contributed by atoms with van der Waals surface area (Å²) in [5, 5.41) is 12.2. The molecule has 0 saturated heterocycles. The van der Waals surface area contributed by atoms with E-state index in [2.05, 4.69) is 21.6 Å². The molecule has 22 heavy (non-hydrogen) atoms. The molecule has 0 spiro atoms. The first-order valence-corrected chi connectivity index (χ1v) is 8.22. The number of rotatable bonds is 3. The van der Waals surface area contributed by atoms with E-state index in [4.69, 9.17) is 11.6 Å². The van der Waals surface area contributed by atoms with Crippen molar-refractivity contribution in [2.75, 3.05) is 0 Å². The molecule has 2 aromatic rings. The zero-order chi connectivity index (χ0) is 14.8. The number of allylic oxidation sites excluding steroid dienone is 1. The van der Waals surface area contributed by atoms with Crippen LogP contribution in [0, 0.1) is 17.8 Å². The number of carbonyl (C=O) groups excluding carboxylic acids is 1. The monoisotopic (exact) mass is 313 g/mol. The van der Waals surface area contributed by atoms with Gasteiger partial charge in [-0.1, -0.05) is 17.7 Å². The van der Waals surface area contributed by atoms with Crippen molar-refractivity contribution in [1.82, 2.24) is 15.5 Å². The molecule has 2 fully saturated rings. The molecule has 1 aromatic heterocycles. The van der Waals surface area contributed by atoms with E-state index < -0.39 is 0 Å². The van der Waals surface area contributed by atoms with Crippen LogP contribution in [0.25, 0.3) is 16.5 Å². The maximum Gasteiger partial charge on any atom is 0.223 e. The van der Waals surface area contributed by atoms with E-state index >= 15 is 0 Å². The van der Waals surface area contributed by atoms with Crippen LogP contribution in [-0.4, -0.2) is 22.1 Å². The number of carbonyl (C=O) groups is 1. The molecule has 5 heteroatoms. The Morgan fingerprint density at radius 1 is 1.36 bits per heavy atom. The lowest BCUT2D eigenvalue weighted by Crippen LogP contribution is -2.29. The average molecular weight is 314 g/mol. The molecule has 0 bridgehead atoms. The number of hydrogen-bond donors (Lipinski definition) is 2. The maximum absolute atomic E-state index is 11.9. The fourth-order valence-corrected chi connectivity index (χ4v) is 3.98. The standard InChI is InChI=1S/C17H16ClN3O/c18-10-5-11(14-7-19-21-15(14)6-10)9-3-12-13(4-9)16(12)20-17(22)8-1-2-8/h3,5-8,12-13,16H,1-2,4H2,(H,19,21)(H,20,22)/t12-,13+,16+/m0/s1. The first-order valence-electron chi connectivity index (χ1n) is 7.85. The number of aromatic amines is 1. The summed E-state index contributed by atoms with van der Waals surface area (Å²) in [6, 6.07) is 4.28. The predicted octanol–water partition coefficient (Wildman–Crippen LogP) is 3.14. The van der Waals surface area contributed by atoms with Crippen molar-refractivity contribution in [1.29, 1.82) is 0 Å². The molecule has 1 heterocycles. The van der Waals surface area contributed by atoms with Crippen molar-refractivity contribution < 1.29 is 4.79 Å². The molecule has 3 atom stereocenters. The Labute approximate surface area is 132 Å². The van der Waals surface area contributed by atoms with Gasteiger partial charge in [-0.25, -0.2) is 0 Å². The van der Waals surface area contributed by atoms with Crippen molar-refractivity contribution in [2.24, 2.45) is 17.8 Å². The van der Waals surface area contributed by atoms with Crippen molar-refractivity contribution >= 4 is 34.0 Å². The van der Waals surface area contributed by atoms with Gasteiger partial charge in [-0.3, -0.25) is 9.89 Å². The van der Waals surface area contributed by atoms with E-state index in [1.54, 1.807) is 0 Å². The lowest BCUT2D eigenvalue weighted by atomic mass is 9.99. The third-order valence-corrected chi connectivity index (χ3v) is 5.42. The number of aromatic nitrogens is 2. The topological polar surface area (TPSA) is 57.8 Å². The molecule has 1 aromatic carbocycles. The van der Waals surface area contributed by atoms with Crippen LogP contribution in [0.2, 0.25) is 5.02 Å². The van der Waals surface area contributed by atoms with Crippen LogP contribution in [0.3, 0.4) is 0 Å². The van der Waals surface area contributed by atoms with E-state index in [-0.39, 0.29) is 5.91 Å². The van der Waals surface area contributed by atoms with Gasteiger partial charge in [0.2, 0.25) is 5.91 Å². The van der Waals surface area contributed by atoms with Crippen LogP contribution < -0.4 is 5.32 Å². The second-order valence-electron chi connectivity index (χ2n) is 6.73. The molecule has 0 radical (unpaired) electrons. The highest BCUT2D eigenvalue weighted by Gasteiger charge is 2.54. The Hall–Kier alpha value is -1.81. The quantitative estimate of drug-likeness (QED) is 0.914. The fourth-order valence-electron chi connectivity index (χ4n) is 3.76. The summed E-state index contributed by atoms with van der Waals surface area (Å²) < 4.78 is 0. The summed E-state index contributed by atoms with van der Waals surface area (Å²) in [6.07, 6.45) is 7.32. The van der Waals surface area contributed by atoms with Gasteiger partial charge < -0.3 is 5.32 Å². The molecule has 1 amide bonds. The van der Waals surface area contributed by atoms with Gasteiger partial charge >= 0.3 is 0 Å². The van der Waals surface area contributed by atoms with Crippen molar-refractivity contribution in [3.05, 3.63) is 35.0 Å². The zero-order valence-electron chi connectivity index (χ0n) is 12.0. The van der Waals surface area contributed by atoms with Crippen LogP contribution in [0.4, 0.5) is 0 Å². The SMILES string of the molecule is O=C(N[C@@H]1[C@H]2C=C(c3cc(Cl)cc4[nH]ncc34)C[C@H]21)C1CC1. The highest BCUT2D eigenvalue weighted by Crippen LogP contribution is 2.54. The number of amides is 1. The van der Waals surface area contributed by atoms with Gasteiger partial charge in [0.25, 0.3) is 0 Å². The van der Waals surface area contributed by atoms with Gasteiger partial charge in [0.15, 0.2) is 0 Å². The number of halogens is 1. The summed E-state index contributed by atoms with van der Waals surface area (Å²) in [4.78, 5) is 11.9. The van der Waals surface area contributed by atoms with Gasteiger partial charge in [0.1, 0.15) is 0 Å². The first-order chi connectivity index (χ1) is 10.7. The zero-order valence-corrected chi connectivity index (χ0v) is 12.7. The minimum absolute atomic E-state index is 0.259. The normalized spacial score (nSPS) is 29.3. The smallest absolute Gasteiger partial charge is 0.223 e. The summed E-state index contributed by atoms with van der Waals surface area (Å²) in [5.74, 6) is 1.62. The van der Waals surface area contributed by atoms with Crippen molar-refractivity contribution in [3.63, 3.8) is 0 Å². The Balaban J connectivity index is 1.40. The van der Waals surface area contributed by atoms with E-state index in [1.807, 2.05) is 18.3 Å². The van der Waals surface area contributed by atoms with Crippen LogP contribution in [0.15, 0.2) is 24.4 Å². The van der Waals surface area contributed by atoms with Crippen LogP contribution in [-0.2, 0) is 4.79 Å². The lowest BCUT2D eigenvalue weighted by Gasteiger charge is -2.10. The second kappa shape index (κ2) is 4.35. The number of nitrogens with one attached hydrogen (secondary N) is 2. The Morgan fingerprint density at radius 3 is 2.95 bits per heavy atom. The summed E-state index contributed by atoms with van der Waals surface area (Å²) in [6.45, 7) is 0. The molecule has 2 saturated carbocycles. The molecule has 4 nitrogen and oxygen atoms in total. The number of hydrogen-bond acceptors (Lipinski definition) is 2. The van der Waals surface area contributed by atoms with Gasteiger partial charge in [0, 0.05) is 28.3 Å². The average Bonchev–Trinajstić information content (AvgIpc) is 3.33. The maximum atomic E-state index is 11.9. The number of benzene rings is 1. The van der Waals surface area contributed by atoms with Crippen LogP contribution >= 0.6 is 11.6 Å². The van der Waals surface area contributed by atoms with E-state index in [0.29, 0.717) is 23.8 Å². The molecule has 2 N–H and O–H groups in total. The van der Waals surface area contributed by atoms with Gasteiger partial charge in [-0.05, 0) is 48.4 Å². The van der Waals surface area contributed by atoms with E-state index in [0.717, 1.165) is 35.2 Å². The highest BCUT2D eigenvalue weighted by atomic mass is 35.5.